The predicted molar refractivity (Wildman–Crippen MR) is 68.2 cm³/mol. The largest absolute Gasteiger partial charge is 0.491 e. The highest BCUT2D eigenvalue weighted by atomic mass is 16.5. The molecule has 96 valence electrons. The summed E-state index contributed by atoms with van der Waals surface area (Å²) in [7, 11) is 1.90. The zero-order valence-electron chi connectivity index (χ0n) is 11.1. The molecular weight excluding hydrogens is 216 g/mol. The van der Waals surface area contributed by atoms with Crippen LogP contribution in [0.4, 0.5) is 0 Å². The van der Waals surface area contributed by atoms with Gasteiger partial charge in [0, 0.05) is 24.5 Å². The van der Waals surface area contributed by atoms with Crippen molar-refractivity contribution in [1.82, 2.24) is 10.3 Å². The van der Waals surface area contributed by atoms with E-state index in [9.17, 15) is 0 Å². The summed E-state index contributed by atoms with van der Waals surface area (Å²) in [6, 6.07) is 1.88. The second kappa shape index (κ2) is 6.57. The third-order valence-electron chi connectivity index (χ3n) is 2.10. The molecule has 0 unspecified atom stereocenters. The lowest BCUT2D eigenvalue weighted by Gasteiger charge is -2.19. The van der Waals surface area contributed by atoms with Crippen molar-refractivity contribution in [3.05, 3.63) is 24.0 Å². The molecular formula is C13H22N2O2. The molecule has 0 saturated carbocycles. The molecule has 0 spiro atoms. The molecule has 4 nitrogen and oxygen atoms in total. The third-order valence-corrected chi connectivity index (χ3v) is 2.10. The van der Waals surface area contributed by atoms with E-state index in [0.29, 0.717) is 13.2 Å². The molecule has 0 fully saturated rings. The lowest BCUT2D eigenvalue weighted by Crippen LogP contribution is -2.22. The number of nitrogens with one attached hydrogen (secondary N) is 1. The highest BCUT2D eigenvalue weighted by Crippen LogP contribution is 2.16. The van der Waals surface area contributed by atoms with Crippen molar-refractivity contribution >= 4 is 0 Å². The van der Waals surface area contributed by atoms with Gasteiger partial charge in [0.1, 0.15) is 12.4 Å². The normalized spacial score (nSPS) is 11.5. The molecule has 1 aromatic heterocycles. The van der Waals surface area contributed by atoms with Crippen molar-refractivity contribution in [3.63, 3.8) is 0 Å². The van der Waals surface area contributed by atoms with Gasteiger partial charge in [-0.1, -0.05) is 0 Å². The first-order chi connectivity index (χ1) is 8.03. The molecule has 1 aromatic rings. The molecule has 1 N–H and O–H groups in total. The monoisotopic (exact) mass is 238 g/mol. The Labute approximate surface area is 103 Å². The van der Waals surface area contributed by atoms with E-state index in [1.54, 1.807) is 6.20 Å². The Kier molecular flexibility index (Phi) is 5.38. The summed E-state index contributed by atoms with van der Waals surface area (Å²) >= 11 is 0. The Balaban J connectivity index is 2.41. The minimum Gasteiger partial charge on any atom is -0.491 e. The molecule has 0 aliphatic carbocycles. The van der Waals surface area contributed by atoms with Crippen LogP contribution in [0.15, 0.2) is 18.5 Å². The van der Waals surface area contributed by atoms with Gasteiger partial charge in [-0.05, 0) is 33.9 Å². The van der Waals surface area contributed by atoms with Gasteiger partial charge in [-0.15, -0.1) is 0 Å². The quantitative estimate of drug-likeness (QED) is 0.770. The summed E-state index contributed by atoms with van der Waals surface area (Å²) in [5.74, 6) is 0.867. The Hall–Kier alpha value is -1.13. The third kappa shape index (κ3) is 5.65. The van der Waals surface area contributed by atoms with Gasteiger partial charge < -0.3 is 14.8 Å². The van der Waals surface area contributed by atoms with Crippen LogP contribution in [-0.2, 0) is 11.3 Å². The highest BCUT2D eigenvalue weighted by Gasteiger charge is 2.09. The van der Waals surface area contributed by atoms with Gasteiger partial charge in [0.25, 0.3) is 0 Å². The first-order valence-electron chi connectivity index (χ1n) is 5.87. The highest BCUT2D eigenvalue weighted by molar-refractivity contribution is 5.29. The minimum atomic E-state index is -0.116. The molecule has 1 rings (SSSR count). The molecule has 0 bridgehead atoms. The molecule has 0 radical (unpaired) electrons. The van der Waals surface area contributed by atoms with E-state index >= 15 is 0 Å². The van der Waals surface area contributed by atoms with E-state index in [1.807, 2.05) is 40.1 Å². The van der Waals surface area contributed by atoms with E-state index in [1.165, 1.54) is 0 Å². The second-order valence-corrected chi connectivity index (χ2v) is 4.82. The standard InChI is InChI=1S/C13H22N2O2/c1-13(2,3)17-8-7-16-12-5-6-15-10-11(12)9-14-4/h5-6,10,14H,7-9H2,1-4H3. The fourth-order valence-electron chi connectivity index (χ4n) is 1.38. The maximum Gasteiger partial charge on any atom is 0.126 e. The summed E-state index contributed by atoms with van der Waals surface area (Å²) in [4.78, 5) is 4.08. The van der Waals surface area contributed by atoms with Gasteiger partial charge >= 0.3 is 0 Å². The second-order valence-electron chi connectivity index (χ2n) is 4.82. The maximum atomic E-state index is 5.68. The Morgan fingerprint density at radius 3 is 2.71 bits per heavy atom. The van der Waals surface area contributed by atoms with E-state index in [4.69, 9.17) is 9.47 Å². The molecule has 0 aliphatic rings. The molecule has 1 heterocycles. The number of pyridine rings is 1. The van der Waals surface area contributed by atoms with E-state index in [0.717, 1.165) is 17.9 Å². The van der Waals surface area contributed by atoms with Gasteiger partial charge in [-0.25, -0.2) is 0 Å². The molecule has 0 amide bonds. The predicted octanol–water partition coefficient (Wildman–Crippen LogP) is 1.99. The fraction of sp³-hybridized carbons (Fsp3) is 0.615. The topological polar surface area (TPSA) is 43.4 Å². The van der Waals surface area contributed by atoms with E-state index < -0.39 is 0 Å². The Bertz CT molecular complexity index is 334. The Morgan fingerprint density at radius 1 is 1.29 bits per heavy atom. The lowest BCUT2D eigenvalue weighted by molar-refractivity contribution is -0.0164. The summed E-state index contributed by atoms with van der Waals surface area (Å²) < 4.78 is 11.3. The first kappa shape index (κ1) is 13.9. The van der Waals surface area contributed by atoms with Gasteiger partial charge in [-0.3, -0.25) is 4.98 Å². The van der Waals surface area contributed by atoms with Gasteiger partial charge in [-0.2, -0.15) is 0 Å². The first-order valence-corrected chi connectivity index (χ1v) is 5.87. The van der Waals surface area contributed by atoms with Gasteiger partial charge in [0.2, 0.25) is 0 Å². The molecule has 0 atom stereocenters. The number of rotatable bonds is 6. The van der Waals surface area contributed by atoms with E-state index in [2.05, 4.69) is 10.3 Å². The van der Waals surface area contributed by atoms with Crippen molar-refractivity contribution in [1.29, 1.82) is 0 Å². The van der Waals surface area contributed by atoms with Crippen LogP contribution in [-0.4, -0.2) is 30.8 Å². The summed E-state index contributed by atoms with van der Waals surface area (Å²) in [6.07, 6.45) is 3.55. The van der Waals surface area contributed by atoms with Gasteiger partial charge in [0.05, 0.1) is 12.2 Å². The van der Waals surface area contributed by atoms with Crippen LogP contribution < -0.4 is 10.1 Å². The van der Waals surface area contributed by atoms with Crippen molar-refractivity contribution in [2.75, 3.05) is 20.3 Å². The molecule has 0 aromatic carbocycles. The van der Waals surface area contributed by atoms with Crippen molar-refractivity contribution < 1.29 is 9.47 Å². The van der Waals surface area contributed by atoms with Crippen molar-refractivity contribution in [2.24, 2.45) is 0 Å². The molecule has 0 aliphatic heterocycles. The average Bonchev–Trinajstić information content (AvgIpc) is 2.25. The molecule has 17 heavy (non-hydrogen) atoms. The van der Waals surface area contributed by atoms with Crippen molar-refractivity contribution in [2.45, 2.75) is 32.9 Å². The minimum absolute atomic E-state index is 0.116. The van der Waals surface area contributed by atoms with Crippen LogP contribution in [0.1, 0.15) is 26.3 Å². The average molecular weight is 238 g/mol. The smallest absolute Gasteiger partial charge is 0.126 e. The van der Waals surface area contributed by atoms with Crippen LogP contribution in [0.2, 0.25) is 0 Å². The summed E-state index contributed by atoms with van der Waals surface area (Å²) in [5.41, 5.74) is 0.945. The zero-order chi connectivity index (χ0) is 12.7. The fourth-order valence-corrected chi connectivity index (χ4v) is 1.38. The van der Waals surface area contributed by atoms with Crippen LogP contribution in [0.25, 0.3) is 0 Å². The Morgan fingerprint density at radius 2 is 2.06 bits per heavy atom. The SMILES string of the molecule is CNCc1cnccc1OCCOC(C)(C)C. The van der Waals surface area contributed by atoms with Crippen LogP contribution in [0.3, 0.4) is 0 Å². The van der Waals surface area contributed by atoms with Gasteiger partial charge in [0.15, 0.2) is 0 Å². The number of ether oxygens (including phenoxy) is 2. The van der Waals surface area contributed by atoms with Crippen LogP contribution in [0, 0.1) is 0 Å². The zero-order valence-corrected chi connectivity index (χ0v) is 11.1. The lowest BCUT2D eigenvalue weighted by atomic mass is 10.2. The summed E-state index contributed by atoms with van der Waals surface area (Å²) in [5, 5.41) is 3.09. The molecule has 4 heteroatoms. The number of hydrogen-bond donors (Lipinski definition) is 1. The van der Waals surface area contributed by atoms with Crippen LogP contribution >= 0.6 is 0 Å². The van der Waals surface area contributed by atoms with Crippen LogP contribution in [0.5, 0.6) is 5.75 Å². The number of hydrogen-bond acceptors (Lipinski definition) is 4. The maximum absolute atomic E-state index is 5.68. The van der Waals surface area contributed by atoms with E-state index in [-0.39, 0.29) is 5.60 Å². The number of nitrogens with zero attached hydrogens (tertiary/aromatic N) is 1. The van der Waals surface area contributed by atoms with Crippen molar-refractivity contribution in [3.8, 4) is 5.75 Å². The molecule has 0 saturated heterocycles. The summed E-state index contributed by atoms with van der Waals surface area (Å²) in [6.45, 7) is 8.00. The number of aromatic nitrogens is 1.